The number of carbonyl (C=O) groups excluding carboxylic acids is 1. The van der Waals surface area contributed by atoms with Crippen LogP contribution in [0.5, 0.6) is 0 Å². The summed E-state index contributed by atoms with van der Waals surface area (Å²) in [6.07, 6.45) is 2.22. The van der Waals surface area contributed by atoms with Gasteiger partial charge in [-0.3, -0.25) is 9.48 Å². The van der Waals surface area contributed by atoms with Crippen molar-refractivity contribution in [2.75, 3.05) is 32.7 Å². The zero-order chi connectivity index (χ0) is 18.2. The van der Waals surface area contributed by atoms with Crippen LogP contribution >= 0.6 is 24.0 Å². The maximum Gasteiger partial charge on any atom is 0.244 e. The maximum atomic E-state index is 12.1. The van der Waals surface area contributed by atoms with E-state index in [-0.39, 0.29) is 36.4 Å². The number of carbonyl (C=O) groups is 1. The van der Waals surface area contributed by atoms with Gasteiger partial charge in [-0.1, -0.05) is 6.92 Å². The number of aromatic nitrogens is 2. The number of nitrogens with one attached hydrogen (secondary N) is 2. The van der Waals surface area contributed by atoms with E-state index in [0.717, 1.165) is 51.3 Å². The number of aliphatic imine (C=N–C) groups is 1. The first kappa shape index (κ1) is 22.7. The van der Waals surface area contributed by atoms with E-state index in [1.165, 1.54) is 5.69 Å². The summed E-state index contributed by atoms with van der Waals surface area (Å²) < 4.78 is 2.04. The monoisotopic (exact) mass is 476 g/mol. The summed E-state index contributed by atoms with van der Waals surface area (Å²) >= 11 is 0. The topological polar surface area (TPSA) is 74.6 Å². The van der Waals surface area contributed by atoms with Crippen LogP contribution in [-0.4, -0.2) is 59.3 Å². The Hall–Kier alpha value is -1.32. The van der Waals surface area contributed by atoms with Crippen molar-refractivity contribution in [3.63, 3.8) is 0 Å². The third kappa shape index (κ3) is 7.13. The summed E-state index contributed by atoms with van der Waals surface area (Å²) in [6, 6.07) is 2.09. The third-order valence-electron chi connectivity index (χ3n) is 4.38. The van der Waals surface area contributed by atoms with Crippen LogP contribution in [0.1, 0.15) is 38.1 Å². The van der Waals surface area contributed by atoms with E-state index in [1.54, 1.807) is 0 Å². The van der Waals surface area contributed by atoms with Crippen molar-refractivity contribution in [2.45, 2.75) is 47.1 Å². The minimum Gasteiger partial charge on any atom is -0.357 e. The van der Waals surface area contributed by atoms with Gasteiger partial charge in [0.05, 0.1) is 5.69 Å². The number of halogens is 1. The average Bonchev–Trinajstić information content (AvgIpc) is 3.20. The highest BCUT2D eigenvalue weighted by Gasteiger charge is 2.17. The van der Waals surface area contributed by atoms with Crippen LogP contribution in [0.2, 0.25) is 0 Å². The molecular weight excluding hydrogens is 443 g/mol. The lowest BCUT2D eigenvalue weighted by molar-refractivity contribution is -0.128. The molecule has 26 heavy (non-hydrogen) atoms. The highest BCUT2D eigenvalue weighted by molar-refractivity contribution is 14.0. The van der Waals surface area contributed by atoms with Crippen molar-refractivity contribution in [1.29, 1.82) is 0 Å². The average molecular weight is 476 g/mol. The summed E-state index contributed by atoms with van der Waals surface area (Å²) in [7, 11) is 0. The number of guanidine groups is 1. The van der Waals surface area contributed by atoms with Gasteiger partial charge in [-0.05, 0) is 45.6 Å². The molecule has 1 unspecified atom stereocenters. The standard InChI is InChI=1S/C18H32N6O.HI/c1-5-19-18(21-12-17(25)23-8-6-7-9-23)20-11-14(2)13-24-16(4)10-15(3)22-24;/h10,14H,5-9,11-13H2,1-4H3,(H2,19,20,21);1H. The number of rotatable bonds is 7. The van der Waals surface area contributed by atoms with Gasteiger partial charge < -0.3 is 15.5 Å². The molecule has 2 N–H and O–H groups in total. The lowest BCUT2D eigenvalue weighted by atomic mass is 10.2. The Morgan fingerprint density at radius 2 is 2.00 bits per heavy atom. The van der Waals surface area contributed by atoms with E-state index in [2.05, 4.69) is 40.6 Å². The van der Waals surface area contributed by atoms with E-state index in [1.807, 2.05) is 23.4 Å². The zero-order valence-corrected chi connectivity index (χ0v) is 18.7. The van der Waals surface area contributed by atoms with Crippen LogP contribution in [-0.2, 0) is 11.3 Å². The van der Waals surface area contributed by atoms with Gasteiger partial charge in [0.2, 0.25) is 5.91 Å². The van der Waals surface area contributed by atoms with E-state index in [9.17, 15) is 4.79 Å². The van der Waals surface area contributed by atoms with E-state index < -0.39 is 0 Å². The first-order valence-corrected chi connectivity index (χ1v) is 9.30. The van der Waals surface area contributed by atoms with E-state index >= 15 is 0 Å². The molecule has 7 nitrogen and oxygen atoms in total. The molecule has 1 aliphatic rings. The third-order valence-corrected chi connectivity index (χ3v) is 4.38. The molecule has 0 radical (unpaired) electrons. The Morgan fingerprint density at radius 1 is 1.31 bits per heavy atom. The molecule has 1 saturated heterocycles. The molecule has 2 rings (SSSR count). The fraction of sp³-hybridized carbons (Fsp3) is 0.722. The number of hydrogen-bond donors (Lipinski definition) is 2. The molecule has 0 aliphatic carbocycles. The van der Waals surface area contributed by atoms with Gasteiger partial charge in [0, 0.05) is 38.4 Å². The van der Waals surface area contributed by atoms with Crippen LogP contribution in [0.3, 0.4) is 0 Å². The van der Waals surface area contributed by atoms with Crippen molar-refractivity contribution >= 4 is 35.8 Å². The van der Waals surface area contributed by atoms with E-state index in [0.29, 0.717) is 11.9 Å². The van der Waals surface area contributed by atoms with Crippen LogP contribution in [0.15, 0.2) is 11.1 Å². The quantitative estimate of drug-likeness (QED) is 0.359. The Bertz CT molecular complexity index is 595. The molecule has 0 spiro atoms. The van der Waals surface area contributed by atoms with Crippen molar-refractivity contribution in [2.24, 2.45) is 10.9 Å². The SMILES string of the molecule is CCNC(=NCC(=O)N1CCCC1)NCC(C)Cn1nc(C)cc1C.I. The lowest BCUT2D eigenvalue weighted by Gasteiger charge is -2.17. The highest BCUT2D eigenvalue weighted by Crippen LogP contribution is 2.07. The summed E-state index contributed by atoms with van der Waals surface area (Å²) in [6.45, 7) is 12.7. The first-order chi connectivity index (χ1) is 12.0. The second-order valence-electron chi connectivity index (χ2n) is 6.88. The molecule has 2 heterocycles. The molecule has 1 amide bonds. The first-order valence-electron chi connectivity index (χ1n) is 9.30. The predicted molar refractivity (Wildman–Crippen MR) is 116 cm³/mol. The molecular formula is C18H33IN6O. The number of nitrogens with zero attached hydrogens (tertiary/aromatic N) is 4. The largest absolute Gasteiger partial charge is 0.357 e. The summed E-state index contributed by atoms with van der Waals surface area (Å²) in [5.74, 6) is 1.22. The van der Waals surface area contributed by atoms with Crippen LogP contribution < -0.4 is 10.6 Å². The lowest BCUT2D eigenvalue weighted by Crippen LogP contribution is -2.41. The maximum absolute atomic E-state index is 12.1. The molecule has 0 saturated carbocycles. The fourth-order valence-electron chi connectivity index (χ4n) is 3.05. The molecule has 1 atom stereocenters. The van der Waals surface area contributed by atoms with E-state index in [4.69, 9.17) is 0 Å². The molecule has 148 valence electrons. The Labute approximate surface area is 174 Å². The highest BCUT2D eigenvalue weighted by atomic mass is 127. The van der Waals surface area contributed by atoms with Crippen LogP contribution in [0.25, 0.3) is 0 Å². The van der Waals surface area contributed by atoms with Crippen molar-refractivity contribution in [3.05, 3.63) is 17.5 Å². The van der Waals surface area contributed by atoms with Crippen LogP contribution in [0, 0.1) is 19.8 Å². The van der Waals surface area contributed by atoms with Gasteiger partial charge in [0.15, 0.2) is 5.96 Å². The summed E-state index contributed by atoms with van der Waals surface area (Å²) in [5, 5.41) is 11.1. The van der Waals surface area contributed by atoms with Crippen molar-refractivity contribution < 1.29 is 4.79 Å². The molecule has 0 bridgehead atoms. The van der Waals surface area contributed by atoms with Gasteiger partial charge >= 0.3 is 0 Å². The minimum absolute atomic E-state index is 0. The van der Waals surface area contributed by atoms with Crippen molar-refractivity contribution in [3.8, 4) is 0 Å². The number of hydrogen-bond acceptors (Lipinski definition) is 3. The number of likely N-dealkylation sites (tertiary alicyclic amines) is 1. The molecule has 0 aromatic carbocycles. The number of aryl methyl sites for hydroxylation is 2. The Balaban J connectivity index is 0.00000338. The molecule has 8 heteroatoms. The van der Waals surface area contributed by atoms with Crippen LogP contribution in [0.4, 0.5) is 0 Å². The Kier molecular flexibility index (Phi) is 9.97. The minimum atomic E-state index is 0. The smallest absolute Gasteiger partial charge is 0.244 e. The van der Waals surface area contributed by atoms with Crippen molar-refractivity contribution in [1.82, 2.24) is 25.3 Å². The normalized spacial score (nSPS) is 15.5. The summed E-state index contributed by atoms with van der Waals surface area (Å²) in [5.41, 5.74) is 2.23. The molecule has 1 aromatic rings. The van der Waals surface area contributed by atoms with Gasteiger partial charge in [0.25, 0.3) is 0 Å². The molecule has 1 aromatic heterocycles. The second-order valence-corrected chi connectivity index (χ2v) is 6.88. The molecule has 1 fully saturated rings. The van der Waals surface area contributed by atoms with Gasteiger partial charge in [-0.15, -0.1) is 24.0 Å². The van der Waals surface area contributed by atoms with Gasteiger partial charge in [-0.2, -0.15) is 5.10 Å². The van der Waals surface area contributed by atoms with Gasteiger partial charge in [0.1, 0.15) is 6.54 Å². The van der Waals surface area contributed by atoms with Gasteiger partial charge in [-0.25, -0.2) is 4.99 Å². The Morgan fingerprint density at radius 3 is 2.58 bits per heavy atom. The molecule has 1 aliphatic heterocycles. The fourth-order valence-corrected chi connectivity index (χ4v) is 3.05. The number of amides is 1. The summed E-state index contributed by atoms with van der Waals surface area (Å²) in [4.78, 5) is 18.5. The predicted octanol–water partition coefficient (Wildman–Crippen LogP) is 1.93. The zero-order valence-electron chi connectivity index (χ0n) is 16.4. The second kappa shape index (κ2) is 11.4.